The van der Waals surface area contributed by atoms with Crippen molar-refractivity contribution < 1.29 is 0 Å². The van der Waals surface area contributed by atoms with Gasteiger partial charge in [-0.25, -0.2) is 0 Å². The minimum Gasteiger partial charge on any atom is -0.376 e. The molecule has 1 saturated carbocycles. The van der Waals surface area contributed by atoms with Crippen molar-refractivity contribution in [2.24, 2.45) is 0 Å². The van der Waals surface area contributed by atoms with E-state index in [9.17, 15) is 0 Å². The lowest BCUT2D eigenvalue weighted by atomic mass is 9.42. The maximum atomic E-state index is 2.89. The Balaban J connectivity index is 1.34. The van der Waals surface area contributed by atoms with Gasteiger partial charge in [0, 0.05) is 53.9 Å². The molecule has 1 fully saturated rings. The summed E-state index contributed by atoms with van der Waals surface area (Å²) in [6, 6.07) is 38.5. The molecule has 0 radical (unpaired) electrons. The number of benzene rings is 6. The molecule has 55 heavy (non-hydrogen) atoms. The normalized spacial score (nSPS) is 21.3. The second kappa shape index (κ2) is 10.9. The fourth-order valence-corrected chi connectivity index (χ4v) is 12.5. The summed E-state index contributed by atoms with van der Waals surface area (Å²) in [4.78, 5) is 5.68. The minimum absolute atomic E-state index is 0.0117. The summed E-state index contributed by atoms with van der Waals surface area (Å²) in [5, 5.41) is 5.41. The first-order chi connectivity index (χ1) is 26.2. The monoisotopic (exact) mass is 734 g/mol. The van der Waals surface area contributed by atoms with Crippen LogP contribution in [0.4, 0.5) is 22.7 Å². The van der Waals surface area contributed by atoms with Gasteiger partial charge in [0.1, 0.15) is 0 Å². The number of anilines is 4. The number of nitrogens with zero attached hydrogens (tertiary/aromatic N) is 2. The van der Waals surface area contributed by atoms with Crippen LogP contribution in [-0.4, -0.2) is 12.4 Å². The SMILES string of the molecule is Cc1cc(C(C)(C)C)ccc1N1B2c3cc(C(C)(C)C)cc4c3N(c3cc5ccccc5c(c32)-c2cc3c(cc21)sc1ccccc13)C1(C)CCCCC41C. The zero-order valence-electron chi connectivity index (χ0n) is 33.9. The zero-order valence-corrected chi connectivity index (χ0v) is 34.8. The molecule has 2 unspecified atom stereocenters. The first-order valence-corrected chi connectivity index (χ1v) is 21.4. The van der Waals surface area contributed by atoms with Crippen molar-refractivity contribution in [2.75, 3.05) is 9.71 Å². The van der Waals surface area contributed by atoms with Crippen LogP contribution in [0.15, 0.2) is 97.1 Å². The summed E-state index contributed by atoms with van der Waals surface area (Å²) < 4.78 is 2.71. The smallest absolute Gasteiger partial charge is 0.333 e. The molecule has 0 bridgehead atoms. The van der Waals surface area contributed by atoms with Gasteiger partial charge in [-0.2, -0.15) is 0 Å². The molecule has 1 aromatic heterocycles. The Hall–Kier alpha value is -4.54. The van der Waals surface area contributed by atoms with E-state index in [2.05, 4.69) is 169 Å². The van der Waals surface area contributed by atoms with Crippen LogP contribution in [0.25, 0.3) is 42.1 Å². The summed E-state index contributed by atoms with van der Waals surface area (Å²) in [5.41, 5.74) is 17.1. The standard InChI is InChI=1S/C51H51BN2S/c1-30-24-32(48(2,3)4)20-21-40(30)54-41-29-44-36(35-18-12-13-19-43(35)55-44)28-37(41)45-34-17-11-10-16-31(34)25-42-46(45)52(54)39-27-33(49(5,6)7)26-38-47(39)53(42)51(9)23-15-14-22-50(38,51)8/h10-13,16-21,24-29H,14-15,22-23H2,1-9H3. The molecule has 2 atom stereocenters. The van der Waals surface area contributed by atoms with Crippen LogP contribution < -0.4 is 20.6 Å². The molecule has 0 saturated heterocycles. The van der Waals surface area contributed by atoms with Crippen LogP contribution in [0.3, 0.4) is 0 Å². The molecular formula is C51H51BN2S. The Morgan fingerprint density at radius 3 is 2.15 bits per heavy atom. The maximum absolute atomic E-state index is 2.89. The van der Waals surface area contributed by atoms with Gasteiger partial charge in [-0.3, -0.25) is 0 Å². The first-order valence-electron chi connectivity index (χ1n) is 20.6. The molecule has 0 N–H and O–H groups in total. The number of aryl methyl sites for hydroxylation is 1. The van der Waals surface area contributed by atoms with E-state index in [1.807, 2.05) is 11.3 Å². The Kier molecular flexibility index (Phi) is 6.66. The molecule has 0 spiro atoms. The minimum atomic E-state index is -0.0249. The lowest BCUT2D eigenvalue weighted by Gasteiger charge is -2.53. The van der Waals surface area contributed by atoms with Gasteiger partial charge < -0.3 is 9.71 Å². The Labute approximate surface area is 331 Å². The van der Waals surface area contributed by atoms with E-state index < -0.39 is 0 Å². The van der Waals surface area contributed by atoms with Crippen molar-refractivity contribution in [2.45, 2.75) is 110 Å². The summed E-state index contributed by atoms with van der Waals surface area (Å²) in [6.07, 6.45) is 4.98. The highest BCUT2D eigenvalue weighted by atomic mass is 32.1. The lowest BCUT2D eigenvalue weighted by molar-refractivity contribution is 0.195. The van der Waals surface area contributed by atoms with Gasteiger partial charge in [0.25, 0.3) is 0 Å². The van der Waals surface area contributed by atoms with Gasteiger partial charge in [0.15, 0.2) is 0 Å². The maximum Gasteiger partial charge on any atom is 0.333 e. The van der Waals surface area contributed by atoms with E-state index in [0.717, 1.165) is 0 Å². The molecule has 6 aromatic carbocycles. The second-order valence-corrected chi connectivity index (χ2v) is 20.8. The lowest BCUT2D eigenvalue weighted by Crippen LogP contribution is -2.64. The average Bonchev–Trinajstić information content (AvgIpc) is 3.61. The second-order valence-electron chi connectivity index (χ2n) is 19.8. The summed E-state index contributed by atoms with van der Waals surface area (Å²) in [6.45, 7) is 21.8. The van der Waals surface area contributed by atoms with Crippen molar-refractivity contribution in [1.82, 2.24) is 0 Å². The summed E-state index contributed by atoms with van der Waals surface area (Å²) >= 11 is 1.93. The van der Waals surface area contributed by atoms with Gasteiger partial charge in [0.05, 0.1) is 5.54 Å². The number of hydrogen-bond donors (Lipinski definition) is 0. The topological polar surface area (TPSA) is 6.48 Å². The largest absolute Gasteiger partial charge is 0.376 e. The van der Waals surface area contributed by atoms with Crippen molar-refractivity contribution in [3.05, 3.63) is 119 Å². The predicted octanol–water partition coefficient (Wildman–Crippen LogP) is 13.1. The Bertz CT molecular complexity index is 2810. The van der Waals surface area contributed by atoms with Crippen LogP contribution in [0.2, 0.25) is 0 Å². The van der Waals surface area contributed by atoms with E-state index >= 15 is 0 Å². The van der Waals surface area contributed by atoms with E-state index in [4.69, 9.17) is 0 Å². The highest BCUT2D eigenvalue weighted by Crippen LogP contribution is 2.63. The van der Waals surface area contributed by atoms with Gasteiger partial charge in [0.2, 0.25) is 0 Å². The van der Waals surface area contributed by atoms with E-state index in [1.54, 1.807) is 5.56 Å². The number of thiophene rings is 1. The summed E-state index contributed by atoms with van der Waals surface area (Å²) in [5.74, 6) is 0. The van der Waals surface area contributed by atoms with Gasteiger partial charge in [-0.05, 0) is 117 Å². The highest BCUT2D eigenvalue weighted by Gasteiger charge is 2.62. The fourth-order valence-electron chi connectivity index (χ4n) is 11.4. The van der Waals surface area contributed by atoms with E-state index in [-0.39, 0.29) is 28.6 Å². The van der Waals surface area contributed by atoms with Crippen LogP contribution >= 0.6 is 11.3 Å². The molecule has 4 heteroatoms. The molecule has 11 rings (SSSR count). The third kappa shape index (κ3) is 4.33. The first kappa shape index (κ1) is 33.8. The summed E-state index contributed by atoms with van der Waals surface area (Å²) in [7, 11) is 0. The van der Waals surface area contributed by atoms with Crippen LogP contribution in [-0.2, 0) is 16.2 Å². The third-order valence-corrected chi connectivity index (χ3v) is 15.7. The molecular weight excluding hydrogens is 683 g/mol. The molecule has 3 aliphatic heterocycles. The molecule has 1 aliphatic carbocycles. The van der Waals surface area contributed by atoms with E-state index in [0.29, 0.717) is 0 Å². The molecule has 274 valence electrons. The average molecular weight is 735 g/mol. The predicted molar refractivity (Wildman–Crippen MR) is 241 cm³/mol. The van der Waals surface area contributed by atoms with Gasteiger partial charge >= 0.3 is 6.85 Å². The van der Waals surface area contributed by atoms with Crippen LogP contribution in [0, 0.1) is 6.92 Å². The fraction of sp³-hybridized carbons (Fsp3) is 0.333. The Morgan fingerprint density at radius 1 is 0.655 bits per heavy atom. The number of hydrogen-bond acceptors (Lipinski definition) is 3. The molecule has 2 nitrogen and oxygen atoms in total. The van der Waals surface area contributed by atoms with Gasteiger partial charge in [-0.15, -0.1) is 11.3 Å². The van der Waals surface area contributed by atoms with Crippen molar-refractivity contribution in [3.63, 3.8) is 0 Å². The zero-order chi connectivity index (χ0) is 38.0. The van der Waals surface area contributed by atoms with Crippen LogP contribution in [0.1, 0.15) is 103 Å². The van der Waals surface area contributed by atoms with Crippen molar-refractivity contribution >= 4 is 82.8 Å². The molecule has 4 heterocycles. The molecule has 0 amide bonds. The van der Waals surface area contributed by atoms with Crippen LogP contribution in [0.5, 0.6) is 0 Å². The third-order valence-electron chi connectivity index (χ3n) is 14.6. The quantitative estimate of drug-likeness (QED) is 0.155. The van der Waals surface area contributed by atoms with E-state index in [1.165, 1.54) is 118 Å². The Morgan fingerprint density at radius 2 is 1.38 bits per heavy atom. The molecule has 7 aromatic rings. The number of fused-ring (bicyclic) bond motifs is 12. The highest BCUT2D eigenvalue weighted by molar-refractivity contribution is 7.25. The van der Waals surface area contributed by atoms with Gasteiger partial charge in [-0.1, -0.05) is 128 Å². The van der Waals surface area contributed by atoms with Crippen molar-refractivity contribution in [3.8, 4) is 11.1 Å². The molecule has 4 aliphatic rings. The number of rotatable bonds is 1. The van der Waals surface area contributed by atoms with Crippen molar-refractivity contribution in [1.29, 1.82) is 0 Å².